The molecule has 0 bridgehead atoms. The molecule has 34 heavy (non-hydrogen) atoms. The van der Waals surface area contributed by atoms with Gasteiger partial charge in [0.2, 0.25) is 0 Å². The number of nitrogens with zero attached hydrogens (tertiary/aromatic N) is 1. The summed E-state index contributed by atoms with van der Waals surface area (Å²) in [5.74, 6) is 0. The van der Waals surface area contributed by atoms with Crippen LogP contribution in [0.5, 0.6) is 0 Å². The van der Waals surface area contributed by atoms with Crippen LogP contribution in [0.15, 0.2) is 115 Å². The van der Waals surface area contributed by atoms with Gasteiger partial charge < -0.3 is 4.57 Å². The molecule has 1 heteroatoms. The van der Waals surface area contributed by atoms with E-state index in [1.54, 1.807) is 0 Å². The van der Waals surface area contributed by atoms with Gasteiger partial charge in [0.1, 0.15) is 0 Å². The van der Waals surface area contributed by atoms with Crippen molar-refractivity contribution >= 4 is 33.2 Å². The molecule has 1 aliphatic carbocycles. The Morgan fingerprint density at radius 2 is 1.09 bits per heavy atom. The molecule has 1 aliphatic rings. The molecule has 1 aromatic heterocycles. The normalized spacial score (nSPS) is 13.8. The van der Waals surface area contributed by atoms with Crippen LogP contribution in [0.25, 0.3) is 33.2 Å². The van der Waals surface area contributed by atoms with E-state index in [9.17, 15) is 0 Å². The van der Waals surface area contributed by atoms with Crippen molar-refractivity contribution in [2.24, 2.45) is 7.05 Å². The molecular formula is C33H27N. The van der Waals surface area contributed by atoms with E-state index in [0.29, 0.717) is 0 Å². The van der Waals surface area contributed by atoms with Crippen LogP contribution in [-0.2, 0) is 7.05 Å². The second kappa shape index (κ2) is 8.35. The molecule has 0 unspecified atom stereocenters. The first-order valence-corrected chi connectivity index (χ1v) is 11.9. The standard InChI is InChI=1S/C33H27N/c1-23-13-12-20-27-30(22-34(2)33(23)27)32-29(25-16-8-4-9-17-25)21-28(24-14-6-3-7-15-24)31(32)26-18-10-5-11-19-26/h3-20,22H,21H2,1-2H3. The Balaban J connectivity index is 1.72. The van der Waals surface area contributed by atoms with Gasteiger partial charge in [-0.3, -0.25) is 0 Å². The average Bonchev–Trinajstić information content (AvgIpc) is 3.44. The van der Waals surface area contributed by atoms with Crippen LogP contribution in [0.4, 0.5) is 0 Å². The maximum absolute atomic E-state index is 2.33. The third-order valence-corrected chi connectivity index (χ3v) is 6.99. The third-order valence-electron chi connectivity index (χ3n) is 6.99. The lowest BCUT2D eigenvalue weighted by atomic mass is 9.89. The summed E-state index contributed by atoms with van der Waals surface area (Å²) in [4.78, 5) is 0. The average molecular weight is 438 g/mol. The lowest BCUT2D eigenvalue weighted by molar-refractivity contribution is 0.963. The van der Waals surface area contributed by atoms with Gasteiger partial charge in [-0.2, -0.15) is 0 Å². The highest BCUT2D eigenvalue weighted by molar-refractivity contribution is 6.29. The Hall–Kier alpha value is -4.10. The van der Waals surface area contributed by atoms with Crippen LogP contribution in [0.1, 0.15) is 34.2 Å². The molecule has 0 saturated heterocycles. The minimum Gasteiger partial charge on any atom is -0.350 e. The minimum absolute atomic E-state index is 0.912. The number of fused-ring (bicyclic) bond motifs is 1. The van der Waals surface area contributed by atoms with Gasteiger partial charge in [0.05, 0.1) is 5.52 Å². The second-order valence-corrected chi connectivity index (χ2v) is 9.11. The van der Waals surface area contributed by atoms with Crippen LogP contribution in [0.3, 0.4) is 0 Å². The van der Waals surface area contributed by atoms with Crippen LogP contribution in [0, 0.1) is 6.92 Å². The van der Waals surface area contributed by atoms with Crippen molar-refractivity contribution in [2.75, 3.05) is 0 Å². The fraction of sp³-hybridized carbons (Fsp3) is 0.0909. The lowest BCUT2D eigenvalue weighted by Gasteiger charge is -2.14. The minimum atomic E-state index is 0.912. The van der Waals surface area contributed by atoms with Gasteiger partial charge in [-0.25, -0.2) is 0 Å². The molecule has 0 saturated carbocycles. The van der Waals surface area contributed by atoms with Crippen molar-refractivity contribution in [3.05, 3.63) is 143 Å². The lowest BCUT2D eigenvalue weighted by Crippen LogP contribution is -1.92. The Morgan fingerprint density at radius 1 is 0.559 bits per heavy atom. The Kier molecular flexibility index (Phi) is 5.04. The molecule has 6 rings (SSSR count). The van der Waals surface area contributed by atoms with Gasteiger partial charge in [0.15, 0.2) is 0 Å². The highest BCUT2D eigenvalue weighted by Crippen LogP contribution is 2.52. The van der Waals surface area contributed by atoms with Gasteiger partial charge in [-0.05, 0) is 57.9 Å². The van der Waals surface area contributed by atoms with Crippen LogP contribution in [-0.4, -0.2) is 4.57 Å². The largest absolute Gasteiger partial charge is 0.350 e. The van der Waals surface area contributed by atoms with Gasteiger partial charge in [-0.1, -0.05) is 109 Å². The van der Waals surface area contributed by atoms with Crippen molar-refractivity contribution in [2.45, 2.75) is 13.3 Å². The van der Waals surface area contributed by atoms with Crippen LogP contribution in [0.2, 0.25) is 0 Å². The maximum Gasteiger partial charge on any atom is 0.0513 e. The number of rotatable bonds is 4. The molecule has 0 aliphatic heterocycles. The summed E-state index contributed by atoms with van der Waals surface area (Å²) in [5, 5.41) is 1.31. The SMILES string of the molecule is Cc1cccc2c(C3=C(c4ccccc4)CC(c4ccccc4)=C3c3ccccc3)cn(C)c12. The first-order chi connectivity index (χ1) is 16.7. The van der Waals surface area contributed by atoms with Crippen molar-refractivity contribution < 1.29 is 0 Å². The summed E-state index contributed by atoms with van der Waals surface area (Å²) in [6.45, 7) is 2.20. The summed E-state index contributed by atoms with van der Waals surface area (Å²) in [7, 11) is 2.17. The molecule has 164 valence electrons. The number of allylic oxidation sites excluding steroid dienone is 4. The molecule has 5 aromatic rings. The highest BCUT2D eigenvalue weighted by atomic mass is 14.9. The van der Waals surface area contributed by atoms with E-state index in [1.165, 1.54) is 61.0 Å². The van der Waals surface area contributed by atoms with Gasteiger partial charge >= 0.3 is 0 Å². The quantitative estimate of drug-likeness (QED) is 0.266. The zero-order valence-corrected chi connectivity index (χ0v) is 19.6. The molecule has 0 radical (unpaired) electrons. The topological polar surface area (TPSA) is 4.93 Å². The van der Waals surface area contributed by atoms with Crippen LogP contribution >= 0.6 is 0 Å². The third kappa shape index (κ3) is 3.33. The zero-order chi connectivity index (χ0) is 23.1. The number of hydrogen-bond donors (Lipinski definition) is 0. The summed E-state index contributed by atoms with van der Waals surface area (Å²) in [6, 6.07) is 39.4. The molecular weight excluding hydrogens is 410 g/mol. The molecule has 0 spiro atoms. The fourth-order valence-electron chi connectivity index (χ4n) is 5.52. The Labute approximate surface area is 201 Å². The first kappa shape index (κ1) is 20.5. The first-order valence-electron chi connectivity index (χ1n) is 11.9. The number of hydrogen-bond acceptors (Lipinski definition) is 0. The van der Waals surface area contributed by atoms with E-state index < -0.39 is 0 Å². The number of benzene rings is 4. The summed E-state index contributed by atoms with van der Waals surface area (Å²) >= 11 is 0. The molecule has 0 atom stereocenters. The van der Waals surface area contributed by atoms with Crippen molar-refractivity contribution in [1.82, 2.24) is 4.57 Å². The Bertz CT molecular complexity index is 1550. The monoisotopic (exact) mass is 437 g/mol. The molecule has 0 amide bonds. The van der Waals surface area contributed by atoms with E-state index in [4.69, 9.17) is 0 Å². The van der Waals surface area contributed by atoms with Crippen molar-refractivity contribution in [3.63, 3.8) is 0 Å². The van der Waals surface area contributed by atoms with Crippen LogP contribution < -0.4 is 0 Å². The van der Waals surface area contributed by atoms with E-state index in [-0.39, 0.29) is 0 Å². The summed E-state index contributed by atoms with van der Waals surface area (Å²) < 4.78 is 2.29. The molecule has 0 N–H and O–H groups in total. The highest BCUT2D eigenvalue weighted by Gasteiger charge is 2.30. The van der Waals surface area contributed by atoms with E-state index in [0.717, 1.165) is 6.42 Å². The number of aromatic nitrogens is 1. The zero-order valence-electron chi connectivity index (χ0n) is 19.6. The van der Waals surface area contributed by atoms with Crippen molar-refractivity contribution in [1.29, 1.82) is 0 Å². The molecule has 1 nitrogen and oxygen atoms in total. The molecule has 1 heterocycles. The van der Waals surface area contributed by atoms with Crippen molar-refractivity contribution in [3.8, 4) is 0 Å². The van der Waals surface area contributed by atoms with Gasteiger partial charge in [0.25, 0.3) is 0 Å². The number of para-hydroxylation sites is 1. The van der Waals surface area contributed by atoms with E-state index >= 15 is 0 Å². The van der Waals surface area contributed by atoms with E-state index in [2.05, 4.69) is 134 Å². The summed E-state index contributed by atoms with van der Waals surface area (Å²) in [6.07, 6.45) is 3.24. The Morgan fingerprint density at radius 3 is 1.68 bits per heavy atom. The van der Waals surface area contributed by atoms with E-state index in [1.807, 2.05) is 0 Å². The predicted octanol–water partition coefficient (Wildman–Crippen LogP) is 8.41. The maximum atomic E-state index is 2.33. The predicted molar refractivity (Wildman–Crippen MR) is 145 cm³/mol. The van der Waals surface area contributed by atoms with Gasteiger partial charge in [-0.15, -0.1) is 0 Å². The number of aryl methyl sites for hydroxylation is 2. The molecule has 4 aromatic carbocycles. The summed E-state index contributed by atoms with van der Waals surface area (Å²) in [5.41, 5.74) is 13.3. The second-order valence-electron chi connectivity index (χ2n) is 9.11. The molecule has 0 fully saturated rings. The fourth-order valence-corrected chi connectivity index (χ4v) is 5.52. The van der Waals surface area contributed by atoms with Gasteiger partial charge in [0, 0.05) is 24.2 Å². The smallest absolute Gasteiger partial charge is 0.0513 e.